The summed E-state index contributed by atoms with van der Waals surface area (Å²) in [5.41, 5.74) is 9.06. The molecule has 0 amide bonds. The van der Waals surface area contributed by atoms with E-state index in [4.69, 9.17) is 5.73 Å². The van der Waals surface area contributed by atoms with Gasteiger partial charge in [-0.1, -0.05) is 0 Å². The number of fused-ring (bicyclic) bond motifs is 1. The van der Waals surface area contributed by atoms with E-state index in [2.05, 4.69) is 20.2 Å². The smallest absolute Gasteiger partial charge is 0.168 e. The van der Waals surface area contributed by atoms with Crippen LogP contribution in [0.2, 0.25) is 0 Å². The molecule has 2 N–H and O–H groups in total. The Morgan fingerprint density at radius 3 is 2.67 bits per heavy atom. The number of aryl methyl sites for hydroxylation is 2. The maximum Gasteiger partial charge on any atom is 0.168 e. The van der Waals surface area contributed by atoms with E-state index in [9.17, 15) is 0 Å². The van der Waals surface area contributed by atoms with Crippen LogP contribution in [-0.4, -0.2) is 29.5 Å². The van der Waals surface area contributed by atoms with E-state index in [1.807, 2.05) is 20.9 Å². The molecule has 3 rings (SSSR count). The highest BCUT2D eigenvalue weighted by Gasteiger charge is 2.15. The van der Waals surface area contributed by atoms with E-state index in [1.165, 1.54) is 6.33 Å². The molecule has 7 heteroatoms. The predicted octanol–water partition coefficient (Wildman–Crippen LogP) is 0.748. The first-order valence-corrected chi connectivity index (χ1v) is 5.54. The number of nitrogens with two attached hydrogens (primary N) is 1. The van der Waals surface area contributed by atoms with Gasteiger partial charge in [-0.25, -0.2) is 14.6 Å². The molecular weight excluding hydrogens is 230 g/mol. The summed E-state index contributed by atoms with van der Waals surface area (Å²) in [6, 6.07) is 0. The third kappa shape index (κ3) is 1.30. The Labute approximate surface area is 103 Å². The quantitative estimate of drug-likeness (QED) is 0.681. The third-order valence-electron chi connectivity index (χ3n) is 3.06. The molecule has 0 aromatic carbocycles. The zero-order valence-electron chi connectivity index (χ0n) is 10.4. The van der Waals surface area contributed by atoms with Crippen LogP contribution >= 0.6 is 0 Å². The van der Waals surface area contributed by atoms with Crippen LogP contribution in [0.4, 0.5) is 5.69 Å². The van der Waals surface area contributed by atoms with Crippen molar-refractivity contribution in [1.82, 2.24) is 29.5 Å². The Balaban J connectivity index is 2.35. The second-order valence-corrected chi connectivity index (χ2v) is 4.20. The molecule has 0 atom stereocenters. The van der Waals surface area contributed by atoms with Gasteiger partial charge in [-0.05, 0) is 13.8 Å². The molecule has 18 heavy (non-hydrogen) atoms. The highest BCUT2D eigenvalue weighted by Crippen LogP contribution is 2.22. The third-order valence-corrected chi connectivity index (χ3v) is 3.06. The van der Waals surface area contributed by atoms with Crippen LogP contribution in [-0.2, 0) is 7.05 Å². The van der Waals surface area contributed by atoms with Crippen LogP contribution < -0.4 is 5.73 Å². The number of nitrogen functional groups attached to an aromatic ring is 1. The summed E-state index contributed by atoms with van der Waals surface area (Å²) in [7, 11) is 1.84. The minimum Gasteiger partial charge on any atom is -0.396 e. The van der Waals surface area contributed by atoms with Gasteiger partial charge >= 0.3 is 0 Å². The van der Waals surface area contributed by atoms with Gasteiger partial charge in [-0.2, -0.15) is 10.2 Å². The number of hydrogen-bond donors (Lipinski definition) is 1. The van der Waals surface area contributed by atoms with E-state index in [0.717, 1.165) is 22.4 Å². The minimum atomic E-state index is 0.686. The zero-order valence-corrected chi connectivity index (χ0v) is 10.4. The second kappa shape index (κ2) is 3.52. The molecule has 7 nitrogen and oxygen atoms in total. The van der Waals surface area contributed by atoms with Gasteiger partial charge < -0.3 is 5.73 Å². The monoisotopic (exact) mass is 243 g/mol. The van der Waals surface area contributed by atoms with Gasteiger partial charge in [-0.15, -0.1) is 0 Å². The van der Waals surface area contributed by atoms with Crippen LogP contribution in [0.5, 0.6) is 0 Å². The standard InChI is InChI=1S/C11H13N7/c1-6-9(12)7(2)18(16-6)11-8-4-15-17(3)10(8)13-5-14-11/h4-5H,12H2,1-3H3. The van der Waals surface area contributed by atoms with Crippen LogP contribution in [0.25, 0.3) is 16.9 Å². The van der Waals surface area contributed by atoms with E-state index in [-0.39, 0.29) is 0 Å². The van der Waals surface area contributed by atoms with Gasteiger partial charge in [0.15, 0.2) is 11.5 Å². The first-order valence-electron chi connectivity index (χ1n) is 5.54. The van der Waals surface area contributed by atoms with Crippen molar-refractivity contribution < 1.29 is 0 Å². The highest BCUT2D eigenvalue weighted by molar-refractivity contribution is 5.82. The van der Waals surface area contributed by atoms with Gasteiger partial charge in [-0.3, -0.25) is 4.68 Å². The fourth-order valence-corrected chi connectivity index (χ4v) is 1.98. The maximum absolute atomic E-state index is 5.94. The molecule has 3 aromatic rings. The molecule has 0 aliphatic heterocycles. The first-order chi connectivity index (χ1) is 8.59. The summed E-state index contributed by atoms with van der Waals surface area (Å²) in [6.07, 6.45) is 3.24. The molecule has 0 saturated carbocycles. The Kier molecular flexibility index (Phi) is 2.09. The number of aromatic nitrogens is 6. The minimum absolute atomic E-state index is 0.686. The molecule has 0 unspecified atom stereocenters. The van der Waals surface area contributed by atoms with Crippen molar-refractivity contribution in [2.24, 2.45) is 7.05 Å². The Morgan fingerprint density at radius 1 is 1.22 bits per heavy atom. The van der Waals surface area contributed by atoms with Crippen molar-refractivity contribution in [1.29, 1.82) is 0 Å². The van der Waals surface area contributed by atoms with E-state index in [0.29, 0.717) is 11.5 Å². The van der Waals surface area contributed by atoms with Crippen LogP contribution in [0.15, 0.2) is 12.5 Å². The Bertz CT molecular complexity index is 737. The lowest BCUT2D eigenvalue weighted by atomic mass is 10.3. The summed E-state index contributed by atoms with van der Waals surface area (Å²) in [6.45, 7) is 3.79. The van der Waals surface area contributed by atoms with Crippen molar-refractivity contribution in [3.63, 3.8) is 0 Å². The van der Waals surface area contributed by atoms with Crippen LogP contribution in [0, 0.1) is 13.8 Å². The molecule has 0 aliphatic carbocycles. The van der Waals surface area contributed by atoms with Crippen molar-refractivity contribution in [3.05, 3.63) is 23.9 Å². The topological polar surface area (TPSA) is 87.4 Å². The van der Waals surface area contributed by atoms with Crippen molar-refractivity contribution in [2.45, 2.75) is 13.8 Å². The molecule has 3 heterocycles. The van der Waals surface area contributed by atoms with Gasteiger partial charge in [0.25, 0.3) is 0 Å². The highest BCUT2D eigenvalue weighted by atomic mass is 15.3. The largest absolute Gasteiger partial charge is 0.396 e. The first kappa shape index (κ1) is 10.7. The molecule has 0 spiro atoms. The molecule has 92 valence electrons. The zero-order chi connectivity index (χ0) is 12.9. The van der Waals surface area contributed by atoms with Gasteiger partial charge in [0.1, 0.15) is 6.33 Å². The van der Waals surface area contributed by atoms with E-state index < -0.39 is 0 Å². The predicted molar refractivity (Wildman–Crippen MR) is 67.3 cm³/mol. The van der Waals surface area contributed by atoms with E-state index in [1.54, 1.807) is 15.6 Å². The van der Waals surface area contributed by atoms with Gasteiger partial charge in [0, 0.05) is 7.05 Å². The molecule has 0 fully saturated rings. The summed E-state index contributed by atoms with van der Waals surface area (Å²) in [4.78, 5) is 8.49. The SMILES string of the molecule is Cc1nn(-c2ncnc3c2cnn3C)c(C)c1N. The lowest BCUT2D eigenvalue weighted by molar-refractivity contribution is 0.782. The summed E-state index contributed by atoms with van der Waals surface area (Å²) in [5, 5.41) is 9.44. The number of nitrogens with zero attached hydrogens (tertiary/aromatic N) is 6. The molecule has 0 bridgehead atoms. The molecule has 0 radical (unpaired) electrons. The summed E-state index contributed by atoms with van der Waals surface area (Å²) < 4.78 is 3.44. The van der Waals surface area contributed by atoms with Crippen LogP contribution in [0.3, 0.4) is 0 Å². The fraction of sp³-hybridized carbons (Fsp3) is 0.273. The lowest BCUT2D eigenvalue weighted by Gasteiger charge is -2.04. The fourth-order valence-electron chi connectivity index (χ4n) is 1.98. The van der Waals surface area contributed by atoms with Crippen LogP contribution in [0.1, 0.15) is 11.4 Å². The Morgan fingerprint density at radius 2 is 2.00 bits per heavy atom. The number of hydrogen-bond acceptors (Lipinski definition) is 5. The lowest BCUT2D eigenvalue weighted by Crippen LogP contribution is -2.04. The molecule has 3 aromatic heterocycles. The van der Waals surface area contributed by atoms with E-state index >= 15 is 0 Å². The molecule has 0 saturated heterocycles. The van der Waals surface area contributed by atoms with Gasteiger partial charge in [0.05, 0.1) is 28.7 Å². The molecular formula is C11H13N7. The maximum atomic E-state index is 5.94. The number of anilines is 1. The van der Waals surface area contributed by atoms with Crippen molar-refractivity contribution in [3.8, 4) is 5.82 Å². The van der Waals surface area contributed by atoms with Crippen molar-refractivity contribution in [2.75, 3.05) is 5.73 Å². The summed E-state index contributed by atoms with van der Waals surface area (Å²) >= 11 is 0. The summed E-state index contributed by atoms with van der Waals surface area (Å²) in [5.74, 6) is 0.699. The number of rotatable bonds is 1. The second-order valence-electron chi connectivity index (χ2n) is 4.20. The van der Waals surface area contributed by atoms with Gasteiger partial charge in [0.2, 0.25) is 0 Å². The normalized spacial score (nSPS) is 11.3. The average Bonchev–Trinajstić information content (AvgIpc) is 2.86. The average molecular weight is 243 g/mol. The Hall–Kier alpha value is -2.44. The van der Waals surface area contributed by atoms with Crippen molar-refractivity contribution >= 4 is 16.7 Å². The molecule has 0 aliphatic rings.